The van der Waals surface area contributed by atoms with E-state index >= 15 is 0 Å². The van der Waals surface area contributed by atoms with Gasteiger partial charge in [-0.3, -0.25) is 0 Å². The summed E-state index contributed by atoms with van der Waals surface area (Å²) in [5.74, 6) is 0.618. The van der Waals surface area contributed by atoms with Crippen molar-refractivity contribution < 1.29 is 9.13 Å². The Labute approximate surface area is 78.8 Å². The molecule has 0 aromatic heterocycles. The fourth-order valence-electron chi connectivity index (χ4n) is 2.21. The van der Waals surface area contributed by atoms with Crippen molar-refractivity contribution in [2.75, 3.05) is 19.8 Å². The highest BCUT2D eigenvalue weighted by Crippen LogP contribution is 2.22. The van der Waals surface area contributed by atoms with E-state index in [-0.39, 0.29) is 6.04 Å². The molecule has 2 fully saturated rings. The summed E-state index contributed by atoms with van der Waals surface area (Å²) < 4.78 is 18.4. The van der Waals surface area contributed by atoms with Crippen LogP contribution in [0.4, 0.5) is 4.39 Å². The average Bonchev–Trinajstić information content (AvgIpc) is 2.72. The zero-order valence-corrected chi connectivity index (χ0v) is 7.97. The van der Waals surface area contributed by atoms with Gasteiger partial charge in [0.25, 0.3) is 0 Å². The highest BCUT2D eigenvalue weighted by atomic mass is 19.1. The number of rotatable bonds is 3. The second-order valence-corrected chi connectivity index (χ2v) is 4.19. The lowest BCUT2D eigenvalue weighted by atomic mass is 10.1. The van der Waals surface area contributed by atoms with Gasteiger partial charge in [-0.15, -0.1) is 0 Å². The molecule has 0 spiro atoms. The summed E-state index contributed by atoms with van der Waals surface area (Å²) in [7, 11) is 0. The first-order chi connectivity index (χ1) is 6.36. The molecule has 0 aromatic carbocycles. The topological polar surface area (TPSA) is 21.3 Å². The van der Waals surface area contributed by atoms with E-state index in [1.165, 1.54) is 0 Å². The molecule has 2 nitrogen and oxygen atoms in total. The van der Waals surface area contributed by atoms with Gasteiger partial charge in [0.15, 0.2) is 0 Å². The van der Waals surface area contributed by atoms with Gasteiger partial charge in [0, 0.05) is 19.2 Å². The SMILES string of the molecule is FC1CCCC1NCC1CCOC1. The maximum Gasteiger partial charge on any atom is 0.115 e. The quantitative estimate of drug-likeness (QED) is 0.723. The van der Waals surface area contributed by atoms with Crippen LogP contribution in [0.1, 0.15) is 25.7 Å². The van der Waals surface area contributed by atoms with Crippen LogP contribution in [0.25, 0.3) is 0 Å². The molecular weight excluding hydrogens is 169 g/mol. The Morgan fingerprint density at radius 1 is 1.31 bits per heavy atom. The van der Waals surface area contributed by atoms with Crippen LogP contribution in [0.3, 0.4) is 0 Å². The number of nitrogens with one attached hydrogen (secondary N) is 1. The Morgan fingerprint density at radius 2 is 2.23 bits per heavy atom. The maximum atomic E-state index is 13.2. The summed E-state index contributed by atoms with van der Waals surface area (Å²) in [6.45, 7) is 2.68. The van der Waals surface area contributed by atoms with Gasteiger partial charge in [0.05, 0.1) is 6.61 Å². The van der Waals surface area contributed by atoms with Crippen LogP contribution in [-0.2, 0) is 4.74 Å². The maximum absolute atomic E-state index is 13.2. The fraction of sp³-hybridized carbons (Fsp3) is 1.00. The summed E-state index contributed by atoms with van der Waals surface area (Å²) in [4.78, 5) is 0. The minimum atomic E-state index is -0.609. The molecule has 2 rings (SSSR count). The molecule has 3 atom stereocenters. The summed E-state index contributed by atoms with van der Waals surface area (Å²) in [6.07, 6.45) is 3.33. The van der Waals surface area contributed by atoms with Crippen molar-refractivity contribution in [1.29, 1.82) is 0 Å². The van der Waals surface area contributed by atoms with Crippen LogP contribution >= 0.6 is 0 Å². The van der Waals surface area contributed by atoms with E-state index in [1.54, 1.807) is 0 Å². The minimum Gasteiger partial charge on any atom is -0.381 e. The zero-order chi connectivity index (χ0) is 9.10. The van der Waals surface area contributed by atoms with Crippen molar-refractivity contribution in [2.45, 2.75) is 37.9 Å². The first-order valence-electron chi connectivity index (χ1n) is 5.31. The molecular formula is C10H18FNO. The molecule has 0 radical (unpaired) electrons. The van der Waals surface area contributed by atoms with Gasteiger partial charge < -0.3 is 10.1 Å². The third kappa shape index (κ3) is 2.41. The lowest BCUT2D eigenvalue weighted by Crippen LogP contribution is -2.37. The van der Waals surface area contributed by atoms with Gasteiger partial charge in [0.1, 0.15) is 6.17 Å². The Kier molecular flexibility index (Phi) is 3.17. The molecule has 1 N–H and O–H groups in total. The second-order valence-electron chi connectivity index (χ2n) is 4.19. The molecule has 0 amide bonds. The van der Waals surface area contributed by atoms with E-state index < -0.39 is 6.17 Å². The van der Waals surface area contributed by atoms with Crippen molar-refractivity contribution in [3.8, 4) is 0 Å². The molecule has 3 heteroatoms. The molecule has 0 bridgehead atoms. The minimum absolute atomic E-state index is 0.126. The first-order valence-corrected chi connectivity index (χ1v) is 5.31. The van der Waals surface area contributed by atoms with Gasteiger partial charge in [-0.25, -0.2) is 4.39 Å². The molecule has 0 aromatic rings. The lowest BCUT2D eigenvalue weighted by Gasteiger charge is -2.17. The van der Waals surface area contributed by atoms with E-state index in [4.69, 9.17) is 4.74 Å². The first kappa shape index (κ1) is 9.41. The van der Waals surface area contributed by atoms with Crippen molar-refractivity contribution in [3.05, 3.63) is 0 Å². The summed E-state index contributed by atoms with van der Waals surface area (Å²) in [5, 5.41) is 3.32. The highest BCUT2D eigenvalue weighted by molar-refractivity contribution is 4.84. The Morgan fingerprint density at radius 3 is 2.85 bits per heavy atom. The fourth-order valence-corrected chi connectivity index (χ4v) is 2.21. The molecule has 1 saturated carbocycles. The van der Waals surface area contributed by atoms with Gasteiger partial charge in [-0.1, -0.05) is 0 Å². The number of halogens is 1. The molecule has 1 heterocycles. The monoisotopic (exact) mass is 187 g/mol. The highest BCUT2D eigenvalue weighted by Gasteiger charge is 2.27. The number of ether oxygens (including phenoxy) is 1. The third-order valence-corrected chi connectivity index (χ3v) is 3.12. The summed E-state index contributed by atoms with van der Waals surface area (Å²) >= 11 is 0. The van der Waals surface area contributed by atoms with Crippen LogP contribution in [0.2, 0.25) is 0 Å². The number of hydrogen-bond donors (Lipinski definition) is 1. The molecule has 3 unspecified atom stereocenters. The molecule has 13 heavy (non-hydrogen) atoms. The predicted octanol–water partition coefficient (Wildman–Crippen LogP) is 1.50. The molecule has 1 aliphatic carbocycles. The molecule has 76 valence electrons. The van der Waals surface area contributed by atoms with E-state index in [2.05, 4.69) is 5.32 Å². The van der Waals surface area contributed by atoms with Crippen LogP contribution in [0.5, 0.6) is 0 Å². The number of alkyl halides is 1. The summed E-state index contributed by atoms with van der Waals surface area (Å²) in [5.41, 5.74) is 0. The average molecular weight is 187 g/mol. The van der Waals surface area contributed by atoms with Crippen LogP contribution in [0.15, 0.2) is 0 Å². The number of hydrogen-bond acceptors (Lipinski definition) is 2. The lowest BCUT2D eigenvalue weighted by molar-refractivity contribution is 0.182. The Hall–Kier alpha value is -0.150. The Balaban J connectivity index is 1.66. The van der Waals surface area contributed by atoms with Gasteiger partial charge >= 0.3 is 0 Å². The molecule has 1 aliphatic heterocycles. The van der Waals surface area contributed by atoms with Crippen molar-refractivity contribution in [1.82, 2.24) is 5.32 Å². The van der Waals surface area contributed by atoms with Crippen molar-refractivity contribution >= 4 is 0 Å². The van der Waals surface area contributed by atoms with Crippen LogP contribution in [0, 0.1) is 5.92 Å². The largest absolute Gasteiger partial charge is 0.381 e. The van der Waals surface area contributed by atoms with Gasteiger partial charge in [-0.2, -0.15) is 0 Å². The van der Waals surface area contributed by atoms with E-state index in [1.807, 2.05) is 0 Å². The third-order valence-electron chi connectivity index (χ3n) is 3.12. The normalized spacial score (nSPS) is 39.9. The predicted molar refractivity (Wildman–Crippen MR) is 49.5 cm³/mol. The van der Waals surface area contributed by atoms with Crippen molar-refractivity contribution in [2.24, 2.45) is 5.92 Å². The zero-order valence-electron chi connectivity index (χ0n) is 7.97. The van der Waals surface area contributed by atoms with Crippen LogP contribution < -0.4 is 5.32 Å². The van der Waals surface area contributed by atoms with Gasteiger partial charge in [-0.05, 0) is 31.6 Å². The smallest absolute Gasteiger partial charge is 0.115 e. The summed E-state index contributed by atoms with van der Waals surface area (Å²) in [6, 6.07) is 0.126. The van der Waals surface area contributed by atoms with Gasteiger partial charge in [0.2, 0.25) is 0 Å². The van der Waals surface area contributed by atoms with Crippen molar-refractivity contribution in [3.63, 3.8) is 0 Å². The second kappa shape index (κ2) is 4.38. The molecule has 1 saturated heterocycles. The van der Waals surface area contributed by atoms with E-state index in [9.17, 15) is 4.39 Å². The van der Waals surface area contributed by atoms with Crippen LogP contribution in [-0.4, -0.2) is 32.0 Å². The Bertz CT molecular complexity index is 159. The van der Waals surface area contributed by atoms with E-state index in [0.717, 1.165) is 45.4 Å². The standard InChI is InChI=1S/C10H18FNO/c11-9-2-1-3-10(9)12-6-8-4-5-13-7-8/h8-10,12H,1-7H2. The molecule has 2 aliphatic rings. The van der Waals surface area contributed by atoms with E-state index in [0.29, 0.717) is 5.92 Å².